The quantitative estimate of drug-likeness (QED) is 0.796. The van der Waals surface area contributed by atoms with E-state index < -0.39 is 11.9 Å². The summed E-state index contributed by atoms with van der Waals surface area (Å²) in [6, 6.07) is 3.17. The van der Waals surface area contributed by atoms with Crippen molar-refractivity contribution in [3.63, 3.8) is 0 Å². The SMILES string of the molecule is Cc1cc(O)c(Cl)c(C(C)C(=O)O)c1. The molecule has 1 aromatic carbocycles. The van der Waals surface area contributed by atoms with Gasteiger partial charge in [0.15, 0.2) is 0 Å². The lowest BCUT2D eigenvalue weighted by atomic mass is 9.99. The van der Waals surface area contributed by atoms with E-state index in [4.69, 9.17) is 16.7 Å². The molecule has 0 amide bonds. The Bertz CT molecular complexity index is 374. The van der Waals surface area contributed by atoms with Gasteiger partial charge in [0, 0.05) is 0 Å². The lowest BCUT2D eigenvalue weighted by Gasteiger charge is -2.11. The number of hydrogen-bond donors (Lipinski definition) is 2. The van der Waals surface area contributed by atoms with Gasteiger partial charge in [0.2, 0.25) is 0 Å². The summed E-state index contributed by atoms with van der Waals surface area (Å²) in [6.45, 7) is 3.30. The molecule has 0 heterocycles. The number of carbonyl (C=O) groups is 1. The average Bonchev–Trinajstić information content (AvgIpc) is 2.09. The van der Waals surface area contributed by atoms with Gasteiger partial charge in [-0.3, -0.25) is 4.79 Å². The van der Waals surface area contributed by atoms with E-state index in [1.165, 1.54) is 13.0 Å². The molecule has 0 spiro atoms. The fraction of sp³-hybridized carbons (Fsp3) is 0.300. The standard InChI is InChI=1S/C10H11ClO3/c1-5-3-7(6(2)10(13)14)9(11)8(12)4-5/h3-4,6,12H,1-2H3,(H,13,14). The zero-order valence-corrected chi connectivity index (χ0v) is 8.67. The van der Waals surface area contributed by atoms with Crippen LogP contribution in [0.5, 0.6) is 5.75 Å². The van der Waals surface area contributed by atoms with Crippen molar-refractivity contribution in [2.24, 2.45) is 0 Å². The molecule has 0 saturated carbocycles. The van der Waals surface area contributed by atoms with Crippen molar-refractivity contribution in [3.05, 3.63) is 28.3 Å². The van der Waals surface area contributed by atoms with Gasteiger partial charge in [-0.15, -0.1) is 0 Å². The Labute approximate surface area is 86.9 Å². The first-order valence-corrected chi connectivity index (χ1v) is 4.53. The zero-order valence-electron chi connectivity index (χ0n) is 7.91. The molecule has 76 valence electrons. The summed E-state index contributed by atoms with van der Waals surface area (Å²) < 4.78 is 0. The fourth-order valence-corrected chi connectivity index (χ4v) is 1.50. The van der Waals surface area contributed by atoms with Crippen LogP contribution in [0, 0.1) is 6.92 Å². The number of rotatable bonds is 2. The van der Waals surface area contributed by atoms with Crippen LogP contribution in [0.3, 0.4) is 0 Å². The van der Waals surface area contributed by atoms with Crippen molar-refractivity contribution >= 4 is 17.6 Å². The van der Waals surface area contributed by atoms with Gasteiger partial charge >= 0.3 is 5.97 Å². The molecule has 4 heteroatoms. The van der Waals surface area contributed by atoms with Crippen LogP contribution in [-0.2, 0) is 4.79 Å². The third-order valence-corrected chi connectivity index (χ3v) is 2.47. The Kier molecular flexibility index (Phi) is 3.01. The van der Waals surface area contributed by atoms with Gasteiger partial charge < -0.3 is 10.2 Å². The van der Waals surface area contributed by atoms with E-state index in [1.54, 1.807) is 13.0 Å². The summed E-state index contributed by atoms with van der Waals surface area (Å²) >= 11 is 5.79. The van der Waals surface area contributed by atoms with Crippen LogP contribution in [0.1, 0.15) is 24.0 Å². The first kappa shape index (κ1) is 10.9. The third-order valence-electron chi connectivity index (χ3n) is 2.06. The zero-order chi connectivity index (χ0) is 10.9. The molecule has 0 aromatic heterocycles. The molecule has 0 saturated heterocycles. The van der Waals surface area contributed by atoms with Crippen LogP contribution < -0.4 is 0 Å². The molecule has 1 rings (SSSR count). The van der Waals surface area contributed by atoms with Gasteiger partial charge in [-0.2, -0.15) is 0 Å². The number of carboxylic acids is 1. The number of benzene rings is 1. The van der Waals surface area contributed by atoms with Crippen LogP contribution in [0.15, 0.2) is 12.1 Å². The minimum Gasteiger partial charge on any atom is -0.506 e. The van der Waals surface area contributed by atoms with Crippen molar-refractivity contribution in [1.82, 2.24) is 0 Å². The average molecular weight is 215 g/mol. The first-order valence-electron chi connectivity index (χ1n) is 4.15. The van der Waals surface area contributed by atoms with E-state index >= 15 is 0 Å². The second-order valence-corrected chi connectivity index (χ2v) is 3.63. The maximum atomic E-state index is 10.7. The van der Waals surface area contributed by atoms with Crippen LogP contribution in [-0.4, -0.2) is 16.2 Å². The molecule has 0 aliphatic carbocycles. The lowest BCUT2D eigenvalue weighted by molar-refractivity contribution is -0.138. The third kappa shape index (κ3) is 1.99. The predicted molar refractivity (Wildman–Crippen MR) is 53.9 cm³/mol. The number of phenols is 1. The van der Waals surface area contributed by atoms with E-state index in [0.29, 0.717) is 5.56 Å². The minimum atomic E-state index is -0.961. The maximum absolute atomic E-state index is 10.7. The molecule has 1 atom stereocenters. The molecule has 2 N–H and O–H groups in total. The Morgan fingerprint density at radius 1 is 1.50 bits per heavy atom. The van der Waals surface area contributed by atoms with E-state index in [0.717, 1.165) is 5.56 Å². The van der Waals surface area contributed by atoms with Crippen molar-refractivity contribution in [2.75, 3.05) is 0 Å². The van der Waals surface area contributed by atoms with E-state index in [1.807, 2.05) is 0 Å². The van der Waals surface area contributed by atoms with Crippen LogP contribution in [0.4, 0.5) is 0 Å². The molecule has 14 heavy (non-hydrogen) atoms. The smallest absolute Gasteiger partial charge is 0.310 e. The summed E-state index contributed by atoms with van der Waals surface area (Å²) in [4.78, 5) is 10.7. The highest BCUT2D eigenvalue weighted by Gasteiger charge is 2.19. The Morgan fingerprint density at radius 2 is 2.07 bits per heavy atom. The molecule has 3 nitrogen and oxygen atoms in total. The van der Waals surface area contributed by atoms with Crippen LogP contribution in [0.25, 0.3) is 0 Å². The van der Waals surface area contributed by atoms with Gasteiger partial charge in [-0.25, -0.2) is 0 Å². The highest BCUT2D eigenvalue weighted by atomic mass is 35.5. The highest BCUT2D eigenvalue weighted by Crippen LogP contribution is 2.33. The second-order valence-electron chi connectivity index (χ2n) is 3.25. The highest BCUT2D eigenvalue weighted by molar-refractivity contribution is 6.33. The van der Waals surface area contributed by atoms with E-state index in [2.05, 4.69) is 0 Å². The largest absolute Gasteiger partial charge is 0.506 e. The van der Waals surface area contributed by atoms with Gasteiger partial charge in [0.05, 0.1) is 10.9 Å². The van der Waals surface area contributed by atoms with E-state index in [-0.39, 0.29) is 10.8 Å². The normalized spacial score (nSPS) is 12.5. The van der Waals surface area contributed by atoms with Crippen molar-refractivity contribution in [1.29, 1.82) is 0 Å². The Morgan fingerprint density at radius 3 is 2.57 bits per heavy atom. The number of aliphatic carboxylic acids is 1. The molecule has 0 aliphatic rings. The van der Waals surface area contributed by atoms with E-state index in [9.17, 15) is 9.90 Å². The van der Waals surface area contributed by atoms with Crippen molar-refractivity contribution in [2.45, 2.75) is 19.8 Å². The monoisotopic (exact) mass is 214 g/mol. The number of hydrogen-bond acceptors (Lipinski definition) is 2. The molecular weight excluding hydrogens is 204 g/mol. The molecule has 0 fully saturated rings. The predicted octanol–water partition coefficient (Wildman–Crippen LogP) is 2.54. The van der Waals surface area contributed by atoms with Gasteiger partial charge in [0.1, 0.15) is 5.75 Å². The van der Waals surface area contributed by atoms with Gasteiger partial charge in [0.25, 0.3) is 0 Å². The minimum absolute atomic E-state index is 0.0743. The van der Waals surface area contributed by atoms with Crippen molar-refractivity contribution in [3.8, 4) is 5.75 Å². The van der Waals surface area contributed by atoms with Gasteiger partial charge in [-0.05, 0) is 31.0 Å². The number of aryl methyl sites for hydroxylation is 1. The topological polar surface area (TPSA) is 57.5 Å². The van der Waals surface area contributed by atoms with Crippen LogP contribution in [0.2, 0.25) is 5.02 Å². The first-order chi connectivity index (χ1) is 6.43. The van der Waals surface area contributed by atoms with Crippen molar-refractivity contribution < 1.29 is 15.0 Å². The van der Waals surface area contributed by atoms with Gasteiger partial charge in [-0.1, -0.05) is 17.7 Å². The Hall–Kier alpha value is -1.22. The summed E-state index contributed by atoms with van der Waals surface area (Å²) in [7, 11) is 0. The summed E-state index contributed by atoms with van der Waals surface area (Å²) in [5.41, 5.74) is 1.23. The number of carboxylic acid groups (broad SMARTS) is 1. The summed E-state index contributed by atoms with van der Waals surface area (Å²) in [5.74, 6) is -1.75. The summed E-state index contributed by atoms with van der Waals surface area (Å²) in [5, 5.41) is 18.3. The number of halogens is 1. The molecule has 1 unspecified atom stereocenters. The summed E-state index contributed by atoms with van der Waals surface area (Å²) in [6.07, 6.45) is 0. The molecule has 0 aliphatic heterocycles. The lowest BCUT2D eigenvalue weighted by Crippen LogP contribution is -2.08. The van der Waals surface area contributed by atoms with Crippen LogP contribution >= 0.6 is 11.6 Å². The molecule has 0 radical (unpaired) electrons. The number of aromatic hydroxyl groups is 1. The number of phenolic OH excluding ortho intramolecular Hbond substituents is 1. The molecule has 1 aromatic rings. The molecule has 0 bridgehead atoms. The molecular formula is C10H11ClO3. The second kappa shape index (κ2) is 3.88. The Balaban J connectivity index is 3.26. The fourth-order valence-electron chi connectivity index (χ4n) is 1.23. The maximum Gasteiger partial charge on any atom is 0.310 e.